The molecule has 1 N–H and O–H groups in total. The number of nitrogens with one attached hydrogen (secondary N) is 1. The summed E-state index contributed by atoms with van der Waals surface area (Å²) >= 11 is 0. The van der Waals surface area contributed by atoms with Crippen molar-refractivity contribution in [3.63, 3.8) is 0 Å². The second kappa shape index (κ2) is 9.69. The maximum atomic E-state index is 12.8. The van der Waals surface area contributed by atoms with Crippen LogP contribution < -0.4 is 15.1 Å². The van der Waals surface area contributed by atoms with Crippen LogP contribution in [0.2, 0.25) is 0 Å². The van der Waals surface area contributed by atoms with Gasteiger partial charge in [-0.15, -0.1) is 0 Å². The lowest BCUT2D eigenvalue weighted by Gasteiger charge is -2.25. The second-order valence-corrected chi connectivity index (χ2v) is 6.63. The summed E-state index contributed by atoms with van der Waals surface area (Å²) in [5.74, 6) is -0.328. The topological polar surface area (TPSA) is 69.7 Å². The molecule has 0 fully saturated rings. The van der Waals surface area contributed by atoms with E-state index >= 15 is 0 Å². The molecule has 0 bridgehead atoms. The summed E-state index contributed by atoms with van der Waals surface area (Å²) in [6.07, 6.45) is 0.217. The van der Waals surface area contributed by atoms with Gasteiger partial charge >= 0.3 is 0 Å². The van der Waals surface area contributed by atoms with E-state index < -0.39 is 0 Å². The standard InChI is InChI=1S/C22H27N3O3/c1-5-24(21-8-6-7-16(2)15-21)22(28)13-14-25(18(4)27)20-11-9-19(10-12-20)23-17(3)26/h6-12,15H,5,13-14H2,1-4H3,(H,23,26). The fraction of sp³-hybridized carbons (Fsp3) is 0.318. The van der Waals surface area contributed by atoms with E-state index in [1.165, 1.54) is 13.8 Å². The molecular weight excluding hydrogens is 354 g/mol. The summed E-state index contributed by atoms with van der Waals surface area (Å²) < 4.78 is 0. The van der Waals surface area contributed by atoms with Crippen LogP contribution in [-0.4, -0.2) is 30.8 Å². The maximum absolute atomic E-state index is 12.8. The zero-order valence-electron chi connectivity index (χ0n) is 16.9. The summed E-state index contributed by atoms with van der Waals surface area (Å²) in [5, 5.41) is 2.69. The van der Waals surface area contributed by atoms with Crippen LogP contribution in [0.4, 0.5) is 17.1 Å². The van der Waals surface area contributed by atoms with Gasteiger partial charge in [0.05, 0.1) is 0 Å². The molecule has 0 unspecified atom stereocenters. The molecule has 148 valence electrons. The van der Waals surface area contributed by atoms with E-state index in [-0.39, 0.29) is 30.7 Å². The number of rotatable bonds is 7. The fourth-order valence-corrected chi connectivity index (χ4v) is 3.04. The number of anilines is 3. The van der Waals surface area contributed by atoms with Gasteiger partial charge in [0.1, 0.15) is 0 Å². The molecule has 0 saturated heterocycles. The smallest absolute Gasteiger partial charge is 0.228 e. The molecule has 0 saturated carbocycles. The Balaban J connectivity index is 2.08. The zero-order valence-corrected chi connectivity index (χ0v) is 16.9. The highest BCUT2D eigenvalue weighted by molar-refractivity contribution is 5.96. The molecule has 2 aromatic rings. The minimum Gasteiger partial charge on any atom is -0.326 e. The van der Waals surface area contributed by atoms with Gasteiger partial charge in [-0.3, -0.25) is 14.4 Å². The molecule has 0 aromatic heterocycles. The Kier molecular flexibility index (Phi) is 7.32. The number of carbonyl (C=O) groups excluding carboxylic acids is 3. The first-order valence-electron chi connectivity index (χ1n) is 9.34. The third-order valence-electron chi connectivity index (χ3n) is 4.36. The van der Waals surface area contributed by atoms with Gasteiger partial charge < -0.3 is 15.1 Å². The van der Waals surface area contributed by atoms with Crippen LogP contribution in [0.5, 0.6) is 0 Å². The molecule has 0 radical (unpaired) electrons. The first-order chi connectivity index (χ1) is 13.3. The highest BCUT2D eigenvalue weighted by Gasteiger charge is 2.18. The van der Waals surface area contributed by atoms with Gasteiger partial charge in [-0.2, -0.15) is 0 Å². The van der Waals surface area contributed by atoms with E-state index in [1.54, 1.807) is 34.1 Å². The van der Waals surface area contributed by atoms with Crippen molar-refractivity contribution in [3.8, 4) is 0 Å². The zero-order chi connectivity index (χ0) is 20.7. The summed E-state index contributed by atoms with van der Waals surface area (Å²) in [7, 11) is 0. The van der Waals surface area contributed by atoms with Gasteiger partial charge in [-0.05, 0) is 55.8 Å². The molecule has 2 rings (SSSR count). The summed E-state index contributed by atoms with van der Waals surface area (Å²) in [6, 6.07) is 14.8. The van der Waals surface area contributed by atoms with Crippen molar-refractivity contribution < 1.29 is 14.4 Å². The van der Waals surface area contributed by atoms with Crippen molar-refractivity contribution in [3.05, 3.63) is 54.1 Å². The molecule has 0 atom stereocenters. The molecule has 2 aromatic carbocycles. The van der Waals surface area contributed by atoms with Crippen LogP contribution in [0, 0.1) is 6.92 Å². The summed E-state index contributed by atoms with van der Waals surface area (Å²) in [6.45, 7) is 7.69. The van der Waals surface area contributed by atoms with Crippen molar-refractivity contribution in [2.75, 3.05) is 28.2 Å². The van der Waals surface area contributed by atoms with Gasteiger partial charge in [-0.1, -0.05) is 12.1 Å². The Bertz CT molecular complexity index is 846. The fourth-order valence-electron chi connectivity index (χ4n) is 3.04. The highest BCUT2D eigenvalue weighted by atomic mass is 16.2. The number of hydrogen-bond acceptors (Lipinski definition) is 3. The minimum atomic E-state index is -0.155. The molecule has 3 amide bonds. The number of hydrogen-bond donors (Lipinski definition) is 1. The SMILES string of the molecule is CCN(C(=O)CCN(C(C)=O)c1ccc(NC(C)=O)cc1)c1cccc(C)c1. The molecular formula is C22H27N3O3. The number of amides is 3. The Morgan fingerprint density at radius 1 is 0.929 bits per heavy atom. The van der Waals surface area contributed by atoms with Crippen LogP contribution in [-0.2, 0) is 14.4 Å². The number of carbonyl (C=O) groups is 3. The van der Waals surface area contributed by atoms with Crippen LogP contribution >= 0.6 is 0 Å². The molecule has 6 heteroatoms. The average Bonchev–Trinajstić information content (AvgIpc) is 2.63. The Morgan fingerprint density at radius 2 is 1.61 bits per heavy atom. The van der Waals surface area contributed by atoms with E-state index in [4.69, 9.17) is 0 Å². The van der Waals surface area contributed by atoms with Crippen molar-refractivity contribution >= 4 is 34.8 Å². The first kappa shape index (κ1) is 21.2. The van der Waals surface area contributed by atoms with E-state index in [0.717, 1.165) is 11.3 Å². The lowest BCUT2D eigenvalue weighted by Crippen LogP contribution is -2.36. The molecule has 0 heterocycles. The van der Waals surface area contributed by atoms with E-state index in [1.807, 2.05) is 38.1 Å². The van der Waals surface area contributed by atoms with Crippen LogP contribution in [0.25, 0.3) is 0 Å². The Hall–Kier alpha value is -3.15. The predicted molar refractivity (Wildman–Crippen MR) is 113 cm³/mol. The van der Waals surface area contributed by atoms with E-state index in [2.05, 4.69) is 5.32 Å². The van der Waals surface area contributed by atoms with Crippen molar-refractivity contribution in [2.45, 2.75) is 34.1 Å². The third-order valence-corrected chi connectivity index (χ3v) is 4.36. The van der Waals surface area contributed by atoms with Crippen molar-refractivity contribution in [1.82, 2.24) is 0 Å². The lowest BCUT2D eigenvalue weighted by atomic mass is 10.2. The molecule has 6 nitrogen and oxygen atoms in total. The largest absolute Gasteiger partial charge is 0.326 e. The van der Waals surface area contributed by atoms with E-state index in [0.29, 0.717) is 17.9 Å². The van der Waals surface area contributed by atoms with Crippen molar-refractivity contribution in [2.24, 2.45) is 0 Å². The number of benzene rings is 2. The molecule has 0 aliphatic rings. The first-order valence-corrected chi connectivity index (χ1v) is 9.34. The minimum absolute atomic E-state index is 0.0331. The van der Waals surface area contributed by atoms with E-state index in [9.17, 15) is 14.4 Å². The molecule has 0 aliphatic carbocycles. The Morgan fingerprint density at radius 3 is 2.14 bits per heavy atom. The molecule has 0 aliphatic heterocycles. The average molecular weight is 381 g/mol. The number of nitrogens with zero attached hydrogens (tertiary/aromatic N) is 2. The summed E-state index contributed by atoms with van der Waals surface area (Å²) in [4.78, 5) is 39.3. The van der Waals surface area contributed by atoms with Crippen LogP contribution in [0.15, 0.2) is 48.5 Å². The van der Waals surface area contributed by atoms with Crippen molar-refractivity contribution in [1.29, 1.82) is 0 Å². The Labute approximate surface area is 166 Å². The lowest BCUT2D eigenvalue weighted by molar-refractivity contribution is -0.119. The number of aryl methyl sites for hydroxylation is 1. The van der Waals surface area contributed by atoms with Gasteiger partial charge in [0.15, 0.2) is 0 Å². The molecule has 28 heavy (non-hydrogen) atoms. The van der Waals surface area contributed by atoms with Gasteiger partial charge in [0.2, 0.25) is 17.7 Å². The van der Waals surface area contributed by atoms with Gasteiger partial charge in [-0.25, -0.2) is 0 Å². The summed E-state index contributed by atoms with van der Waals surface area (Å²) in [5.41, 5.74) is 3.30. The van der Waals surface area contributed by atoms with Gasteiger partial charge in [0.25, 0.3) is 0 Å². The normalized spacial score (nSPS) is 10.3. The predicted octanol–water partition coefficient (Wildman–Crippen LogP) is 3.75. The maximum Gasteiger partial charge on any atom is 0.228 e. The second-order valence-electron chi connectivity index (χ2n) is 6.63. The van der Waals surface area contributed by atoms with Gasteiger partial charge in [0, 0.05) is 50.4 Å². The quantitative estimate of drug-likeness (QED) is 0.794. The van der Waals surface area contributed by atoms with Crippen LogP contribution in [0.3, 0.4) is 0 Å². The highest BCUT2D eigenvalue weighted by Crippen LogP contribution is 2.20. The monoisotopic (exact) mass is 381 g/mol. The third kappa shape index (κ3) is 5.67. The van der Waals surface area contributed by atoms with Crippen LogP contribution in [0.1, 0.15) is 32.8 Å². The molecule has 0 spiro atoms.